The maximum Gasteiger partial charge on any atom is 0.162 e. The molecule has 0 bridgehead atoms. The lowest BCUT2D eigenvalue weighted by Gasteiger charge is -2.34. The van der Waals surface area contributed by atoms with Crippen molar-refractivity contribution in [2.75, 3.05) is 13.1 Å². The Balaban J connectivity index is 2.17. The molecule has 0 aromatic carbocycles. The van der Waals surface area contributed by atoms with E-state index >= 15 is 0 Å². The van der Waals surface area contributed by atoms with Crippen molar-refractivity contribution in [1.82, 2.24) is 14.7 Å². The second-order valence-electron chi connectivity index (χ2n) is 5.62. The zero-order chi connectivity index (χ0) is 14.0. The molecule has 1 aromatic heterocycles. The normalized spacial score (nSPS) is 16.7. The third-order valence-electron chi connectivity index (χ3n) is 3.82. The molecular formula is C15H22N4. The second-order valence-corrected chi connectivity index (χ2v) is 5.62. The SMILES string of the molecule is C=C(C)N1CCC(n2nc(C#N)cc2C(C)C)CC1. The van der Waals surface area contributed by atoms with Crippen molar-refractivity contribution in [2.24, 2.45) is 0 Å². The van der Waals surface area contributed by atoms with Gasteiger partial charge >= 0.3 is 0 Å². The quantitative estimate of drug-likeness (QED) is 0.837. The number of hydrogen-bond donors (Lipinski definition) is 0. The largest absolute Gasteiger partial charge is 0.375 e. The lowest BCUT2D eigenvalue weighted by molar-refractivity contribution is 0.216. The van der Waals surface area contributed by atoms with Crippen LogP contribution < -0.4 is 0 Å². The van der Waals surface area contributed by atoms with E-state index in [0.29, 0.717) is 17.7 Å². The first-order valence-corrected chi connectivity index (χ1v) is 6.93. The van der Waals surface area contributed by atoms with E-state index in [-0.39, 0.29) is 0 Å². The summed E-state index contributed by atoms with van der Waals surface area (Å²) in [5.41, 5.74) is 2.84. The van der Waals surface area contributed by atoms with Crippen LogP contribution in [0.25, 0.3) is 0 Å². The minimum atomic E-state index is 0.397. The van der Waals surface area contributed by atoms with Crippen molar-refractivity contribution in [1.29, 1.82) is 5.26 Å². The Hall–Kier alpha value is -1.76. The molecule has 0 radical (unpaired) electrons. The molecule has 1 saturated heterocycles. The molecule has 19 heavy (non-hydrogen) atoms. The van der Waals surface area contributed by atoms with Crippen LogP contribution in [-0.4, -0.2) is 27.8 Å². The van der Waals surface area contributed by atoms with E-state index in [9.17, 15) is 0 Å². The van der Waals surface area contributed by atoms with E-state index in [1.54, 1.807) is 0 Å². The fourth-order valence-electron chi connectivity index (χ4n) is 2.68. The third kappa shape index (κ3) is 2.81. The zero-order valence-electron chi connectivity index (χ0n) is 12.1. The van der Waals surface area contributed by atoms with Gasteiger partial charge in [0.2, 0.25) is 0 Å². The van der Waals surface area contributed by atoms with Gasteiger partial charge in [-0.1, -0.05) is 20.4 Å². The Labute approximate surface area is 115 Å². The first-order chi connectivity index (χ1) is 9.02. The molecule has 0 N–H and O–H groups in total. The summed E-state index contributed by atoms with van der Waals surface area (Å²) in [6.07, 6.45) is 2.14. The molecule has 2 heterocycles. The monoisotopic (exact) mass is 258 g/mol. The van der Waals surface area contributed by atoms with E-state index < -0.39 is 0 Å². The molecule has 0 spiro atoms. The van der Waals surface area contributed by atoms with Crippen LogP contribution >= 0.6 is 0 Å². The molecule has 2 rings (SSSR count). The van der Waals surface area contributed by atoms with Crippen LogP contribution in [0.4, 0.5) is 0 Å². The van der Waals surface area contributed by atoms with E-state index in [2.05, 4.69) is 48.1 Å². The van der Waals surface area contributed by atoms with Crippen LogP contribution in [-0.2, 0) is 0 Å². The smallest absolute Gasteiger partial charge is 0.162 e. The maximum atomic E-state index is 9.02. The maximum absolute atomic E-state index is 9.02. The molecule has 0 unspecified atom stereocenters. The number of nitrogens with zero attached hydrogens (tertiary/aromatic N) is 4. The van der Waals surface area contributed by atoms with E-state index in [1.165, 1.54) is 5.69 Å². The molecule has 1 aliphatic heterocycles. The van der Waals surface area contributed by atoms with E-state index in [4.69, 9.17) is 5.26 Å². The number of rotatable bonds is 3. The highest BCUT2D eigenvalue weighted by atomic mass is 15.3. The highest BCUT2D eigenvalue weighted by Gasteiger charge is 2.24. The topological polar surface area (TPSA) is 44.9 Å². The highest BCUT2D eigenvalue weighted by molar-refractivity contribution is 5.24. The summed E-state index contributed by atoms with van der Waals surface area (Å²) in [5.74, 6) is 0.397. The van der Waals surface area contributed by atoms with Crippen molar-refractivity contribution in [3.8, 4) is 6.07 Å². The van der Waals surface area contributed by atoms with Gasteiger partial charge in [0.1, 0.15) is 6.07 Å². The van der Waals surface area contributed by atoms with Gasteiger partial charge in [-0.25, -0.2) is 0 Å². The minimum absolute atomic E-state index is 0.397. The van der Waals surface area contributed by atoms with Crippen LogP contribution in [0.1, 0.15) is 57.0 Å². The van der Waals surface area contributed by atoms with Gasteiger partial charge < -0.3 is 4.90 Å². The van der Waals surface area contributed by atoms with Crippen molar-refractivity contribution < 1.29 is 0 Å². The third-order valence-corrected chi connectivity index (χ3v) is 3.82. The molecule has 0 amide bonds. The summed E-state index contributed by atoms with van der Waals surface area (Å²) in [7, 11) is 0. The number of likely N-dealkylation sites (tertiary alicyclic amines) is 1. The van der Waals surface area contributed by atoms with Gasteiger partial charge in [0.25, 0.3) is 0 Å². The number of aromatic nitrogens is 2. The molecule has 1 aliphatic rings. The predicted molar refractivity (Wildman–Crippen MR) is 75.7 cm³/mol. The highest BCUT2D eigenvalue weighted by Crippen LogP contribution is 2.28. The molecule has 0 saturated carbocycles. The summed E-state index contributed by atoms with van der Waals surface area (Å²) >= 11 is 0. The minimum Gasteiger partial charge on any atom is -0.375 e. The van der Waals surface area contributed by atoms with E-state index in [0.717, 1.165) is 31.6 Å². The van der Waals surface area contributed by atoms with Crippen LogP contribution in [0.2, 0.25) is 0 Å². The van der Waals surface area contributed by atoms with Gasteiger partial charge in [-0.15, -0.1) is 0 Å². The first-order valence-electron chi connectivity index (χ1n) is 6.93. The number of allylic oxidation sites excluding steroid dienone is 1. The standard InChI is InChI=1S/C15H22N4/c1-11(2)15-9-13(10-16)17-19(15)14-5-7-18(8-6-14)12(3)4/h9,11,14H,3,5-8H2,1-2,4H3. The number of piperidine rings is 1. The van der Waals surface area contributed by atoms with Gasteiger partial charge in [0.15, 0.2) is 5.69 Å². The predicted octanol–water partition coefficient (Wildman–Crippen LogP) is 3.05. The molecule has 4 nitrogen and oxygen atoms in total. The average Bonchev–Trinajstić information content (AvgIpc) is 2.83. The van der Waals surface area contributed by atoms with Gasteiger partial charge in [-0.3, -0.25) is 4.68 Å². The van der Waals surface area contributed by atoms with Crippen LogP contribution in [0, 0.1) is 11.3 Å². The second kappa shape index (κ2) is 5.48. The van der Waals surface area contributed by atoms with Gasteiger partial charge in [0, 0.05) is 24.5 Å². The van der Waals surface area contributed by atoms with E-state index in [1.807, 2.05) is 6.07 Å². The molecule has 1 fully saturated rings. The summed E-state index contributed by atoms with van der Waals surface area (Å²) in [4.78, 5) is 2.32. The van der Waals surface area contributed by atoms with Crippen molar-refractivity contribution in [2.45, 2.75) is 45.6 Å². The Kier molecular flexibility index (Phi) is 3.94. The fourth-order valence-corrected chi connectivity index (χ4v) is 2.68. The lowest BCUT2D eigenvalue weighted by atomic mass is 10.0. The molecule has 0 atom stereocenters. The summed E-state index contributed by atoms with van der Waals surface area (Å²) in [5, 5.41) is 13.5. The molecule has 102 valence electrons. The number of nitriles is 1. The first kappa shape index (κ1) is 13.7. The Morgan fingerprint density at radius 1 is 1.47 bits per heavy atom. The molecule has 1 aromatic rings. The molecule has 0 aliphatic carbocycles. The van der Waals surface area contributed by atoms with Crippen molar-refractivity contribution >= 4 is 0 Å². The Bertz CT molecular complexity index is 499. The average molecular weight is 258 g/mol. The Morgan fingerprint density at radius 2 is 2.11 bits per heavy atom. The zero-order valence-corrected chi connectivity index (χ0v) is 12.1. The van der Waals surface area contributed by atoms with Crippen molar-refractivity contribution in [3.05, 3.63) is 29.7 Å². The van der Waals surface area contributed by atoms with Crippen LogP contribution in [0.5, 0.6) is 0 Å². The Morgan fingerprint density at radius 3 is 2.58 bits per heavy atom. The van der Waals surface area contributed by atoms with Gasteiger partial charge in [-0.05, 0) is 31.7 Å². The molecule has 4 heteroatoms. The van der Waals surface area contributed by atoms with Gasteiger partial charge in [-0.2, -0.15) is 10.4 Å². The van der Waals surface area contributed by atoms with Gasteiger partial charge in [0.05, 0.1) is 6.04 Å². The lowest BCUT2D eigenvalue weighted by Crippen LogP contribution is -2.34. The van der Waals surface area contributed by atoms with Crippen molar-refractivity contribution in [3.63, 3.8) is 0 Å². The molecular weight excluding hydrogens is 236 g/mol. The fraction of sp³-hybridized carbons (Fsp3) is 0.600. The van der Waals surface area contributed by atoms with Crippen LogP contribution in [0.15, 0.2) is 18.3 Å². The summed E-state index contributed by atoms with van der Waals surface area (Å²) in [6.45, 7) is 12.4. The number of hydrogen-bond acceptors (Lipinski definition) is 3. The van der Waals surface area contributed by atoms with Crippen LogP contribution in [0.3, 0.4) is 0 Å². The summed E-state index contributed by atoms with van der Waals surface area (Å²) in [6, 6.07) is 4.49. The summed E-state index contributed by atoms with van der Waals surface area (Å²) < 4.78 is 2.08.